The summed E-state index contributed by atoms with van der Waals surface area (Å²) in [4.78, 5) is 12.9. The molecule has 1 aliphatic rings. The molecular formula is C24H33N3O7S2. The molecule has 0 saturated carbocycles. The Morgan fingerprint density at radius 2 is 1.67 bits per heavy atom. The van der Waals surface area contributed by atoms with Crippen LogP contribution in [0.3, 0.4) is 0 Å². The average Bonchev–Trinajstić information content (AvgIpc) is 2.87. The quantitative estimate of drug-likeness (QED) is 0.431. The number of benzene rings is 2. The van der Waals surface area contributed by atoms with E-state index in [2.05, 4.69) is 5.32 Å². The normalized spacial score (nSPS) is 15.8. The molecule has 0 radical (unpaired) electrons. The summed E-state index contributed by atoms with van der Waals surface area (Å²) in [7, 11) is -7.28. The Kier molecular flexibility index (Phi) is 9.34. The number of aryl methyl sites for hydroxylation is 1. The van der Waals surface area contributed by atoms with Crippen molar-refractivity contribution in [2.24, 2.45) is 0 Å². The van der Waals surface area contributed by atoms with Crippen LogP contribution in [0.15, 0.2) is 53.4 Å². The Hall–Kier alpha value is -2.67. The molecule has 10 nitrogen and oxygen atoms in total. The van der Waals surface area contributed by atoms with Gasteiger partial charge in [0.05, 0.1) is 36.6 Å². The van der Waals surface area contributed by atoms with Crippen molar-refractivity contribution in [1.82, 2.24) is 9.62 Å². The highest BCUT2D eigenvalue weighted by molar-refractivity contribution is 7.92. The lowest BCUT2D eigenvalue weighted by atomic mass is 10.1. The lowest BCUT2D eigenvalue weighted by Gasteiger charge is -2.28. The van der Waals surface area contributed by atoms with E-state index in [1.807, 2.05) is 19.1 Å². The van der Waals surface area contributed by atoms with Gasteiger partial charge in [0.15, 0.2) is 0 Å². The maximum absolute atomic E-state index is 12.7. The monoisotopic (exact) mass is 539 g/mol. The van der Waals surface area contributed by atoms with Crippen LogP contribution in [0.2, 0.25) is 0 Å². The first-order valence-electron chi connectivity index (χ1n) is 11.7. The predicted octanol–water partition coefficient (Wildman–Crippen LogP) is 1.62. The van der Waals surface area contributed by atoms with Crippen LogP contribution in [-0.2, 0) is 36.0 Å². The SMILES string of the molecule is CCc1ccc(N(C(C)C(=O)NCCOc2ccc(S(=O)(=O)N3CCOCC3)cc2)S(C)(=O)=O)cc1. The van der Waals surface area contributed by atoms with Gasteiger partial charge >= 0.3 is 0 Å². The number of ether oxygens (including phenoxy) is 2. The third-order valence-corrected chi connectivity index (χ3v) is 8.94. The molecule has 198 valence electrons. The average molecular weight is 540 g/mol. The second-order valence-corrected chi connectivity index (χ2v) is 12.2. The second kappa shape index (κ2) is 12.0. The van der Waals surface area contributed by atoms with Crippen LogP contribution in [0.5, 0.6) is 5.75 Å². The molecule has 1 atom stereocenters. The molecule has 1 saturated heterocycles. The first kappa shape index (κ1) is 27.9. The molecule has 1 amide bonds. The van der Waals surface area contributed by atoms with Crippen LogP contribution in [0, 0.1) is 0 Å². The Bertz CT molecular complexity index is 1230. The molecule has 0 bridgehead atoms. The number of nitrogens with one attached hydrogen (secondary N) is 1. The summed E-state index contributed by atoms with van der Waals surface area (Å²) in [6.45, 7) is 5.18. The zero-order valence-corrected chi connectivity index (χ0v) is 22.3. The minimum absolute atomic E-state index is 0.123. The number of rotatable bonds is 11. The van der Waals surface area contributed by atoms with E-state index >= 15 is 0 Å². The third-order valence-electron chi connectivity index (χ3n) is 5.79. The van der Waals surface area contributed by atoms with E-state index in [0.717, 1.165) is 22.5 Å². The summed E-state index contributed by atoms with van der Waals surface area (Å²) in [5.41, 5.74) is 1.48. The number of hydrogen-bond acceptors (Lipinski definition) is 7. The van der Waals surface area contributed by atoms with Gasteiger partial charge < -0.3 is 14.8 Å². The van der Waals surface area contributed by atoms with E-state index in [1.165, 1.54) is 23.4 Å². The summed E-state index contributed by atoms with van der Waals surface area (Å²) < 4.78 is 63.5. The fraction of sp³-hybridized carbons (Fsp3) is 0.458. The molecule has 0 aliphatic carbocycles. The molecule has 1 heterocycles. The van der Waals surface area contributed by atoms with Crippen molar-refractivity contribution >= 4 is 31.6 Å². The van der Waals surface area contributed by atoms with E-state index < -0.39 is 32.0 Å². The number of hydrogen-bond donors (Lipinski definition) is 1. The van der Waals surface area contributed by atoms with Crippen molar-refractivity contribution in [2.45, 2.75) is 31.2 Å². The van der Waals surface area contributed by atoms with Gasteiger partial charge in [-0.15, -0.1) is 0 Å². The van der Waals surface area contributed by atoms with E-state index in [0.29, 0.717) is 37.7 Å². The smallest absolute Gasteiger partial charge is 0.243 e. The lowest BCUT2D eigenvalue weighted by Crippen LogP contribution is -2.48. The highest BCUT2D eigenvalue weighted by atomic mass is 32.2. The molecule has 1 unspecified atom stereocenters. The van der Waals surface area contributed by atoms with Crippen molar-refractivity contribution in [3.8, 4) is 5.75 Å². The fourth-order valence-corrected chi connectivity index (χ4v) is 6.40. The molecule has 1 fully saturated rings. The summed E-state index contributed by atoms with van der Waals surface area (Å²) in [5, 5.41) is 2.69. The fourth-order valence-electron chi connectivity index (χ4n) is 3.82. The number of anilines is 1. The number of carbonyl (C=O) groups excluding carboxylic acids is 1. The molecule has 2 aromatic rings. The zero-order valence-electron chi connectivity index (χ0n) is 20.7. The van der Waals surface area contributed by atoms with Gasteiger partial charge in [-0.25, -0.2) is 16.8 Å². The Labute approximate surface area is 213 Å². The first-order chi connectivity index (χ1) is 17.0. The minimum atomic E-state index is -3.70. The molecule has 1 N–H and O–H groups in total. The van der Waals surface area contributed by atoms with Crippen molar-refractivity contribution < 1.29 is 31.1 Å². The van der Waals surface area contributed by atoms with Crippen LogP contribution in [-0.4, -0.2) is 78.8 Å². The predicted molar refractivity (Wildman–Crippen MR) is 137 cm³/mol. The Morgan fingerprint density at radius 3 is 2.22 bits per heavy atom. The molecule has 36 heavy (non-hydrogen) atoms. The Morgan fingerprint density at radius 1 is 1.06 bits per heavy atom. The van der Waals surface area contributed by atoms with Crippen molar-refractivity contribution in [3.63, 3.8) is 0 Å². The van der Waals surface area contributed by atoms with Crippen LogP contribution in [0.4, 0.5) is 5.69 Å². The summed E-state index contributed by atoms with van der Waals surface area (Å²) in [5.74, 6) is -0.0115. The summed E-state index contributed by atoms with van der Waals surface area (Å²) in [6.07, 6.45) is 1.89. The van der Waals surface area contributed by atoms with Gasteiger partial charge in [-0.3, -0.25) is 9.10 Å². The second-order valence-electron chi connectivity index (χ2n) is 8.38. The number of morpholine rings is 1. The van der Waals surface area contributed by atoms with Crippen LogP contribution < -0.4 is 14.4 Å². The largest absolute Gasteiger partial charge is 0.492 e. The summed E-state index contributed by atoms with van der Waals surface area (Å²) in [6, 6.07) is 12.2. The maximum Gasteiger partial charge on any atom is 0.243 e. The van der Waals surface area contributed by atoms with Gasteiger partial charge in [0.2, 0.25) is 26.0 Å². The third kappa shape index (κ3) is 6.96. The molecule has 0 aromatic heterocycles. The maximum atomic E-state index is 12.7. The van der Waals surface area contributed by atoms with Crippen LogP contribution in [0.1, 0.15) is 19.4 Å². The number of carbonyl (C=O) groups is 1. The van der Waals surface area contributed by atoms with Gasteiger partial charge in [-0.05, 0) is 55.3 Å². The summed E-state index contributed by atoms with van der Waals surface area (Å²) >= 11 is 0. The van der Waals surface area contributed by atoms with Gasteiger partial charge in [0, 0.05) is 13.1 Å². The number of amides is 1. The highest BCUT2D eigenvalue weighted by Gasteiger charge is 2.29. The molecule has 2 aromatic carbocycles. The standard InChI is InChI=1S/C24H33N3O7S2/c1-4-20-5-7-21(8-6-20)27(35(3,29)30)19(2)24(28)25-13-16-34-22-9-11-23(12-10-22)36(31,32)26-14-17-33-18-15-26/h5-12,19H,4,13-18H2,1-3H3,(H,25,28). The molecule has 0 spiro atoms. The minimum Gasteiger partial charge on any atom is -0.492 e. The zero-order chi connectivity index (χ0) is 26.3. The Balaban J connectivity index is 1.53. The van der Waals surface area contributed by atoms with Gasteiger partial charge in [-0.1, -0.05) is 19.1 Å². The number of nitrogens with zero attached hydrogens (tertiary/aromatic N) is 2. The number of sulfonamides is 2. The highest BCUT2D eigenvalue weighted by Crippen LogP contribution is 2.22. The molecule has 12 heteroatoms. The van der Waals surface area contributed by atoms with E-state index in [-0.39, 0.29) is 18.0 Å². The van der Waals surface area contributed by atoms with Crippen LogP contribution >= 0.6 is 0 Å². The van der Waals surface area contributed by atoms with E-state index in [1.54, 1.807) is 24.3 Å². The van der Waals surface area contributed by atoms with E-state index in [9.17, 15) is 21.6 Å². The van der Waals surface area contributed by atoms with Crippen molar-refractivity contribution in [2.75, 3.05) is 50.0 Å². The topological polar surface area (TPSA) is 122 Å². The molecule has 3 rings (SSSR count). The molecular weight excluding hydrogens is 506 g/mol. The van der Waals surface area contributed by atoms with Gasteiger partial charge in [0.25, 0.3) is 0 Å². The lowest BCUT2D eigenvalue weighted by molar-refractivity contribution is -0.121. The van der Waals surface area contributed by atoms with Gasteiger partial charge in [-0.2, -0.15) is 4.31 Å². The first-order valence-corrected chi connectivity index (χ1v) is 15.0. The van der Waals surface area contributed by atoms with Gasteiger partial charge in [0.1, 0.15) is 18.4 Å². The van der Waals surface area contributed by atoms with Crippen LogP contribution in [0.25, 0.3) is 0 Å². The molecule has 1 aliphatic heterocycles. The van der Waals surface area contributed by atoms with Crippen molar-refractivity contribution in [1.29, 1.82) is 0 Å². The van der Waals surface area contributed by atoms with Crippen molar-refractivity contribution in [3.05, 3.63) is 54.1 Å². The van der Waals surface area contributed by atoms with E-state index in [4.69, 9.17) is 9.47 Å².